The van der Waals surface area contributed by atoms with E-state index < -0.39 is 0 Å². The van der Waals surface area contributed by atoms with E-state index in [9.17, 15) is 0 Å². The van der Waals surface area contributed by atoms with E-state index in [-0.39, 0.29) is 19.9 Å². The van der Waals surface area contributed by atoms with Gasteiger partial charge in [-0.05, 0) is 0 Å². The van der Waals surface area contributed by atoms with Crippen molar-refractivity contribution in [1.82, 2.24) is 4.98 Å². The second-order valence-corrected chi connectivity index (χ2v) is 11.9. The molecule has 3 aromatic heterocycles. The molecule has 2 nitrogen and oxygen atoms in total. The second kappa shape index (κ2) is 7.45. The Labute approximate surface area is 199 Å². The van der Waals surface area contributed by atoms with Crippen molar-refractivity contribution in [1.29, 1.82) is 0 Å². The molecule has 0 spiro atoms. The first-order valence-electron chi connectivity index (χ1n) is 11.3. The summed E-state index contributed by atoms with van der Waals surface area (Å²) in [5, 5.41) is 5.00. The first-order valence-corrected chi connectivity index (χ1v) is 13.0. The number of pyridine rings is 1. The van der Waals surface area contributed by atoms with Gasteiger partial charge < -0.3 is 0 Å². The van der Waals surface area contributed by atoms with Gasteiger partial charge in [-0.1, -0.05) is 0 Å². The van der Waals surface area contributed by atoms with Gasteiger partial charge in [-0.15, -0.1) is 0 Å². The van der Waals surface area contributed by atoms with Gasteiger partial charge in [0.15, 0.2) is 0 Å². The molecule has 0 fully saturated rings. The van der Waals surface area contributed by atoms with Crippen molar-refractivity contribution >= 4 is 45.9 Å². The zero-order valence-corrected chi connectivity index (χ0v) is 21.0. The van der Waals surface area contributed by atoms with E-state index in [0.717, 1.165) is 28.0 Å². The van der Waals surface area contributed by atoms with Gasteiger partial charge in [0.05, 0.1) is 0 Å². The van der Waals surface area contributed by atoms with Crippen molar-refractivity contribution in [3.63, 3.8) is 0 Å². The van der Waals surface area contributed by atoms with Crippen LogP contribution in [-0.2, 0) is 5.41 Å². The maximum atomic E-state index is 6.57. The van der Waals surface area contributed by atoms with Crippen molar-refractivity contribution in [2.45, 2.75) is 33.1 Å². The van der Waals surface area contributed by atoms with E-state index in [1.165, 1.54) is 36.0 Å². The minimum absolute atomic E-state index is 0.0257. The molecule has 3 heteroatoms. The molecular weight excluding hydrogens is 469 g/mol. The normalized spacial score (nSPS) is 12.2. The Balaban J connectivity index is 1.58. The standard InChI is InChI=1S/C30H25NOSe/c1-18-22-10-7-8-12-26(22)33-29(18)25-17-20-13-14-31-27(28(20)32-25)21-15-19-9-5-6-11-23(19)24(16-21)30(2,3)4/h5-17H,1-4H3. The minimum atomic E-state index is 0.0257. The van der Waals surface area contributed by atoms with Crippen LogP contribution >= 0.6 is 0 Å². The third-order valence-corrected chi connectivity index (χ3v) is 9.15. The van der Waals surface area contributed by atoms with Gasteiger partial charge in [-0.25, -0.2) is 0 Å². The number of rotatable bonds is 2. The van der Waals surface area contributed by atoms with Crippen LogP contribution in [0.1, 0.15) is 31.9 Å². The van der Waals surface area contributed by atoms with Crippen molar-refractivity contribution < 1.29 is 4.42 Å². The van der Waals surface area contributed by atoms with Crippen LogP contribution in [0.15, 0.2) is 83.4 Å². The van der Waals surface area contributed by atoms with Gasteiger partial charge in [-0.3, -0.25) is 0 Å². The molecule has 33 heavy (non-hydrogen) atoms. The van der Waals surface area contributed by atoms with Gasteiger partial charge in [0.25, 0.3) is 0 Å². The average molecular weight is 494 g/mol. The molecule has 0 unspecified atom stereocenters. The van der Waals surface area contributed by atoms with Crippen LogP contribution < -0.4 is 0 Å². The van der Waals surface area contributed by atoms with Gasteiger partial charge in [-0.2, -0.15) is 0 Å². The Hall–Kier alpha value is -3.13. The SMILES string of the molecule is Cc1c(-c2cc3ccnc(-c4cc(C(C)(C)C)c5ccccc5c4)c3o2)[se]c2ccccc12. The summed E-state index contributed by atoms with van der Waals surface area (Å²) in [5.41, 5.74) is 5.58. The summed E-state index contributed by atoms with van der Waals surface area (Å²) in [4.78, 5) is 4.80. The summed E-state index contributed by atoms with van der Waals surface area (Å²) in [5.74, 6) is 0.977. The second-order valence-electron chi connectivity index (χ2n) is 9.74. The molecule has 0 amide bonds. The number of benzene rings is 3. The van der Waals surface area contributed by atoms with Gasteiger partial charge in [0, 0.05) is 0 Å². The molecule has 0 N–H and O–H groups in total. The Morgan fingerprint density at radius 2 is 1.58 bits per heavy atom. The fourth-order valence-corrected chi connectivity index (χ4v) is 7.20. The van der Waals surface area contributed by atoms with Crippen LogP contribution in [0.2, 0.25) is 0 Å². The molecular formula is C30H25NOSe. The molecule has 6 rings (SSSR count). The van der Waals surface area contributed by atoms with E-state index in [1.54, 1.807) is 0 Å². The van der Waals surface area contributed by atoms with Crippen LogP contribution in [0.25, 0.3) is 52.8 Å². The Bertz CT molecular complexity index is 1660. The summed E-state index contributed by atoms with van der Waals surface area (Å²) >= 11 is 0.254. The van der Waals surface area contributed by atoms with Gasteiger partial charge >= 0.3 is 200 Å². The van der Waals surface area contributed by atoms with Gasteiger partial charge in [0.2, 0.25) is 0 Å². The van der Waals surface area contributed by atoms with Crippen LogP contribution in [0, 0.1) is 6.92 Å². The summed E-state index contributed by atoms with van der Waals surface area (Å²) < 4.78 is 9.34. The molecule has 162 valence electrons. The Morgan fingerprint density at radius 1 is 0.818 bits per heavy atom. The zero-order valence-electron chi connectivity index (χ0n) is 19.3. The quantitative estimate of drug-likeness (QED) is 0.227. The fraction of sp³-hybridized carbons (Fsp3) is 0.167. The van der Waals surface area contributed by atoms with Crippen molar-refractivity contribution in [3.8, 4) is 21.5 Å². The van der Waals surface area contributed by atoms with E-state index in [0.29, 0.717) is 0 Å². The third-order valence-electron chi connectivity index (χ3n) is 6.44. The van der Waals surface area contributed by atoms with E-state index in [1.807, 2.05) is 6.20 Å². The Kier molecular flexibility index (Phi) is 4.62. The number of hydrogen-bond acceptors (Lipinski definition) is 2. The molecule has 0 saturated heterocycles. The molecule has 3 aromatic carbocycles. The zero-order chi connectivity index (χ0) is 22.7. The van der Waals surface area contributed by atoms with Crippen molar-refractivity contribution in [2.75, 3.05) is 0 Å². The molecule has 0 radical (unpaired) electrons. The molecule has 0 bridgehead atoms. The van der Waals surface area contributed by atoms with Crippen LogP contribution in [0.3, 0.4) is 0 Å². The van der Waals surface area contributed by atoms with Crippen LogP contribution in [0.5, 0.6) is 0 Å². The van der Waals surface area contributed by atoms with E-state index in [4.69, 9.17) is 9.40 Å². The molecule has 0 aliphatic heterocycles. The number of aromatic nitrogens is 1. The number of nitrogens with zero attached hydrogens (tertiary/aromatic N) is 1. The summed E-state index contributed by atoms with van der Waals surface area (Å²) in [7, 11) is 0. The van der Waals surface area contributed by atoms with E-state index in [2.05, 4.69) is 100 Å². The first kappa shape index (κ1) is 20.5. The number of furan rings is 1. The number of fused-ring (bicyclic) bond motifs is 3. The van der Waals surface area contributed by atoms with Crippen molar-refractivity contribution in [2.24, 2.45) is 0 Å². The summed E-state index contributed by atoms with van der Waals surface area (Å²) in [6.45, 7) is 9.03. The van der Waals surface area contributed by atoms with Crippen LogP contribution in [-0.4, -0.2) is 19.5 Å². The molecule has 0 atom stereocenters. The molecule has 0 aliphatic rings. The monoisotopic (exact) mass is 495 g/mol. The summed E-state index contributed by atoms with van der Waals surface area (Å²) in [6.07, 6.45) is 1.90. The predicted molar refractivity (Wildman–Crippen MR) is 140 cm³/mol. The fourth-order valence-electron chi connectivity index (χ4n) is 4.76. The summed E-state index contributed by atoms with van der Waals surface area (Å²) in [6, 6.07) is 26.1. The van der Waals surface area contributed by atoms with Crippen molar-refractivity contribution in [3.05, 3.63) is 90.1 Å². The number of aryl methyl sites for hydroxylation is 1. The molecule has 6 aromatic rings. The van der Waals surface area contributed by atoms with Crippen LogP contribution in [0.4, 0.5) is 0 Å². The maximum absolute atomic E-state index is 6.57. The predicted octanol–water partition coefficient (Wildman–Crippen LogP) is 8.13. The first-order chi connectivity index (χ1) is 15.9. The van der Waals surface area contributed by atoms with E-state index >= 15 is 0 Å². The molecule has 0 aliphatic carbocycles. The topological polar surface area (TPSA) is 26.0 Å². The average Bonchev–Trinajstić information content (AvgIpc) is 3.39. The number of hydrogen-bond donors (Lipinski definition) is 0. The molecule has 0 saturated carbocycles. The molecule has 3 heterocycles. The van der Waals surface area contributed by atoms with Gasteiger partial charge in [0.1, 0.15) is 0 Å². The Morgan fingerprint density at radius 3 is 2.36 bits per heavy atom. The third kappa shape index (κ3) is 3.35.